The van der Waals surface area contributed by atoms with Crippen LogP contribution >= 0.6 is 0 Å². The number of oxazole rings is 1. The molecule has 0 bridgehead atoms. The summed E-state index contributed by atoms with van der Waals surface area (Å²) >= 11 is 0. The maximum Gasteiger partial charge on any atom is 0.256 e. The van der Waals surface area contributed by atoms with E-state index in [1.807, 2.05) is 48.5 Å². The highest BCUT2D eigenvalue weighted by molar-refractivity contribution is 6.12. The number of pyridine rings is 1. The Kier molecular flexibility index (Phi) is 3.92. The Hall–Kier alpha value is -3.21. The van der Waals surface area contributed by atoms with E-state index in [1.54, 1.807) is 6.92 Å². The number of amides is 1. The molecule has 2 aromatic heterocycles. The van der Waals surface area contributed by atoms with Crippen LogP contribution in [0.3, 0.4) is 0 Å². The van der Waals surface area contributed by atoms with Crippen molar-refractivity contribution < 1.29 is 9.21 Å². The smallest absolute Gasteiger partial charge is 0.256 e. The number of carbonyl (C=O) groups is 1. The topological polar surface area (TPSA) is 68.0 Å². The summed E-state index contributed by atoms with van der Waals surface area (Å²) in [5.74, 6) is 0.677. The quantitative estimate of drug-likeness (QED) is 0.563. The molecule has 5 heteroatoms. The van der Waals surface area contributed by atoms with Crippen molar-refractivity contribution in [3.63, 3.8) is 0 Å². The second-order valence-electron chi connectivity index (χ2n) is 6.64. The van der Waals surface area contributed by atoms with Crippen LogP contribution < -0.4 is 5.32 Å². The van der Waals surface area contributed by atoms with Crippen molar-refractivity contribution in [3.8, 4) is 0 Å². The second kappa shape index (κ2) is 6.26. The van der Waals surface area contributed by atoms with Gasteiger partial charge in [-0.05, 0) is 36.2 Å². The zero-order valence-corrected chi connectivity index (χ0v) is 14.9. The van der Waals surface area contributed by atoms with Crippen LogP contribution in [0, 0.1) is 6.92 Å². The zero-order chi connectivity index (χ0) is 18.3. The van der Waals surface area contributed by atoms with Crippen LogP contribution in [0.5, 0.6) is 0 Å². The number of aryl methyl sites for hydroxylation is 1. The van der Waals surface area contributed by atoms with Gasteiger partial charge in [0.15, 0.2) is 11.5 Å². The molecule has 0 spiro atoms. The lowest BCUT2D eigenvalue weighted by molar-refractivity contribution is 0.102. The number of fused-ring (bicyclic) bond motifs is 2. The first-order valence-corrected chi connectivity index (χ1v) is 8.59. The lowest BCUT2D eigenvalue weighted by Crippen LogP contribution is -2.13. The summed E-state index contributed by atoms with van der Waals surface area (Å²) in [4.78, 5) is 21.9. The van der Waals surface area contributed by atoms with Gasteiger partial charge in [-0.2, -0.15) is 0 Å². The molecule has 0 aliphatic rings. The normalized spacial score (nSPS) is 11.4. The average Bonchev–Trinajstić information content (AvgIpc) is 2.99. The third-order valence-corrected chi connectivity index (χ3v) is 4.32. The molecule has 26 heavy (non-hydrogen) atoms. The summed E-state index contributed by atoms with van der Waals surface area (Å²) in [5.41, 5.74) is 4.46. The molecule has 5 nitrogen and oxygen atoms in total. The molecule has 0 fully saturated rings. The van der Waals surface area contributed by atoms with E-state index in [4.69, 9.17) is 4.42 Å². The molecular weight excluding hydrogens is 326 g/mol. The third-order valence-electron chi connectivity index (χ3n) is 4.32. The Balaban J connectivity index is 1.74. The molecule has 0 saturated carbocycles. The van der Waals surface area contributed by atoms with E-state index in [2.05, 4.69) is 29.1 Å². The van der Waals surface area contributed by atoms with Gasteiger partial charge >= 0.3 is 0 Å². The van der Waals surface area contributed by atoms with Crippen LogP contribution in [-0.4, -0.2) is 15.9 Å². The third kappa shape index (κ3) is 2.92. The van der Waals surface area contributed by atoms with Crippen molar-refractivity contribution in [2.24, 2.45) is 0 Å². The van der Waals surface area contributed by atoms with Gasteiger partial charge in [-0.15, -0.1) is 0 Å². The Bertz CT molecular complexity index is 1130. The SMILES string of the molecule is Cc1nc2cc(NC(=O)c3cc(C(C)C)nc4ccccc34)ccc2o1. The van der Waals surface area contributed by atoms with Gasteiger partial charge in [-0.1, -0.05) is 32.0 Å². The number of hydrogen-bond acceptors (Lipinski definition) is 4. The van der Waals surface area contributed by atoms with E-state index < -0.39 is 0 Å². The summed E-state index contributed by atoms with van der Waals surface area (Å²) in [5, 5.41) is 3.81. The fourth-order valence-electron chi connectivity index (χ4n) is 3.00. The maximum atomic E-state index is 13.0. The highest BCUT2D eigenvalue weighted by Crippen LogP contribution is 2.24. The van der Waals surface area contributed by atoms with Crippen LogP contribution in [0.2, 0.25) is 0 Å². The van der Waals surface area contributed by atoms with Gasteiger partial charge in [0.2, 0.25) is 0 Å². The van der Waals surface area contributed by atoms with Crippen molar-refractivity contribution in [2.75, 3.05) is 5.32 Å². The summed E-state index contributed by atoms with van der Waals surface area (Å²) < 4.78 is 5.48. The first-order chi connectivity index (χ1) is 12.5. The zero-order valence-electron chi connectivity index (χ0n) is 14.9. The number of aromatic nitrogens is 2. The number of nitrogens with one attached hydrogen (secondary N) is 1. The predicted octanol–water partition coefficient (Wildman–Crippen LogP) is 5.06. The highest BCUT2D eigenvalue weighted by atomic mass is 16.3. The molecule has 0 saturated heterocycles. The predicted molar refractivity (Wildman–Crippen MR) is 103 cm³/mol. The Morgan fingerprint density at radius 3 is 2.65 bits per heavy atom. The summed E-state index contributed by atoms with van der Waals surface area (Å²) in [7, 11) is 0. The highest BCUT2D eigenvalue weighted by Gasteiger charge is 2.15. The van der Waals surface area contributed by atoms with Crippen molar-refractivity contribution in [3.05, 3.63) is 65.7 Å². The number of benzene rings is 2. The standard InChI is InChI=1S/C21H19N3O2/c1-12(2)18-11-16(15-6-4-5-7-17(15)24-18)21(25)23-14-8-9-20-19(10-14)22-13(3)26-20/h4-12H,1-3H3,(H,23,25). The first-order valence-electron chi connectivity index (χ1n) is 8.59. The second-order valence-corrected chi connectivity index (χ2v) is 6.64. The molecule has 0 atom stereocenters. The largest absolute Gasteiger partial charge is 0.441 e. The summed E-state index contributed by atoms with van der Waals surface area (Å²) in [6.45, 7) is 5.94. The van der Waals surface area contributed by atoms with E-state index in [0.717, 1.165) is 22.1 Å². The molecule has 0 aliphatic heterocycles. The van der Waals surface area contributed by atoms with Crippen LogP contribution in [0.25, 0.3) is 22.0 Å². The number of nitrogens with zero attached hydrogens (tertiary/aromatic N) is 2. The van der Waals surface area contributed by atoms with Crippen molar-refractivity contribution in [2.45, 2.75) is 26.7 Å². The van der Waals surface area contributed by atoms with Gasteiger partial charge in [0, 0.05) is 23.7 Å². The minimum Gasteiger partial charge on any atom is -0.441 e. The van der Waals surface area contributed by atoms with E-state index in [9.17, 15) is 4.79 Å². The van der Waals surface area contributed by atoms with Crippen molar-refractivity contribution in [1.82, 2.24) is 9.97 Å². The number of rotatable bonds is 3. The summed E-state index contributed by atoms with van der Waals surface area (Å²) in [6, 6.07) is 15.0. The Morgan fingerprint density at radius 1 is 1.04 bits per heavy atom. The number of carbonyl (C=O) groups excluding carboxylic acids is 1. The minimum atomic E-state index is -0.162. The van der Waals surface area contributed by atoms with Gasteiger partial charge in [0.05, 0.1) is 11.1 Å². The Morgan fingerprint density at radius 2 is 1.85 bits per heavy atom. The van der Waals surface area contributed by atoms with Gasteiger partial charge in [-0.3, -0.25) is 9.78 Å². The van der Waals surface area contributed by atoms with Crippen LogP contribution in [0.1, 0.15) is 41.7 Å². The van der Waals surface area contributed by atoms with E-state index in [0.29, 0.717) is 22.7 Å². The molecule has 4 rings (SSSR count). The van der Waals surface area contributed by atoms with Gasteiger partial charge < -0.3 is 9.73 Å². The van der Waals surface area contributed by atoms with Gasteiger partial charge in [-0.25, -0.2) is 4.98 Å². The molecule has 2 heterocycles. The molecule has 0 aliphatic carbocycles. The average molecular weight is 345 g/mol. The fourth-order valence-corrected chi connectivity index (χ4v) is 3.00. The van der Waals surface area contributed by atoms with E-state index in [-0.39, 0.29) is 11.8 Å². The Labute approximate surface area is 151 Å². The van der Waals surface area contributed by atoms with Crippen molar-refractivity contribution in [1.29, 1.82) is 0 Å². The number of hydrogen-bond donors (Lipinski definition) is 1. The van der Waals surface area contributed by atoms with Crippen molar-refractivity contribution >= 4 is 33.6 Å². The van der Waals surface area contributed by atoms with Gasteiger partial charge in [0.1, 0.15) is 5.52 Å². The molecule has 130 valence electrons. The van der Waals surface area contributed by atoms with Crippen LogP contribution in [-0.2, 0) is 0 Å². The number of para-hydroxylation sites is 1. The van der Waals surface area contributed by atoms with E-state index >= 15 is 0 Å². The molecule has 1 N–H and O–H groups in total. The van der Waals surface area contributed by atoms with E-state index in [1.165, 1.54) is 0 Å². The molecule has 0 unspecified atom stereocenters. The molecule has 0 radical (unpaired) electrons. The maximum absolute atomic E-state index is 13.0. The molecule has 4 aromatic rings. The fraction of sp³-hybridized carbons (Fsp3) is 0.190. The first kappa shape index (κ1) is 16.3. The van der Waals surface area contributed by atoms with Crippen LogP contribution in [0.4, 0.5) is 5.69 Å². The minimum absolute atomic E-state index is 0.162. The lowest BCUT2D eigenvalue weighted by Gasteiger charge is -2.12. The van der Waals surface area contributed by atoms with Gasteiger partial charge in [0.25, 0.3) is 5.91 Å². The molecule has 2 aromatic carbocycles. The van der Waals surface area contributed by atoms with Crippen LogP contribution in [0.15, 0.2) is 52.9 Å². The molecule has 1 amide bonds. The number of anilines is 1. The lowest BCUT2D eigenvalue weighted by atomic mass is 10.0. The monoisotopic (exact) mass is 345 g/mol. The molecular formula is C21H19N3O2. The summed E-state index contributed by atoms with van der Waals surface area (Å²) in [6.07, 6.45) is 0.